The number of benzene rings is 2. The molecule has 0 unspecified atom stereocenters. The maximum Gasteiger partial charge on any atom is 0.264 e. The first-order chi connectivity index (χ1) is 11.9. The van der Waals surface area contributed by atoms with E-state index in [-0.39, 0.29) is 5.91 Å². The monoisotopic (exact) mass is 416 g/mol. The molecule has 1 N–H and O–H groups in total. The van der Waals surface area contributed by atoms with E-state index in [4.69, 9.17) is 4.74 Å². The number of amidine groups is 1. The maximum atomic E-state index is 12.2. The van der Waals surface area contributed by atoms with Gasteiger partial charge in [-0.15, -0.1) is 0 Å². The van der Waals surface area contributed by atoms with Crippen LogP contribution in [-0.4, -0.2) is 18.2 Å². The van der Waals surface area contributed by atoms with Crippen molar-refractivity contribution in [3.05, 3.63) is 62.5 Å². The summed E-state index contributed by atoms with van der Waals surface area (Å²) in [5.41, 5.74) is 4.05. The number of aliphatic imine (C=N–C) groups is 1. The molecule has 128 valence electrons. The number of nitrogens with zero attached hydrogens (tertiary/aromatic N) is 1. The molecule has 1 aliphatic rings. The molecular formula is C19H17BrN2O2S. The summed E-state index contributed by atoms with van der Waals surface area (Å²) < 4.78 is 6.07. The second-order valence-electron chi connectivity index (χ2n) is 5.72. The molecule has 0 bridgehead atoms. The molecule has 1 amide bonds. The summed E-state index contributed by atoms with van der Waals surface area (Å²) in [6.07, 6.45) is 1.84. The van der Waals surface area contributed by atoms with Gasteiger partial charge in [0.2, 0.25) is 0 Å². The SMILES string of the molecule is COc1ccc(C=C2SC(=Nc3cc(C)cc(C)c3)NC2=O)cc1Br. The molecule has 0 atom stereocenters. The Bertz CT molecular complexity index is 886. The van der Waals surface area contributed by atoms with Crippen molar-refractivity contribution in [3.8, 4) is 5.75 Å². The first-order valence-electron chi connectivity index (χ1n) is 7.66. The number of rotatable bonds is 3. The van der Waals surface area contributed by atoms with Gasteiger partial charge in [-0.3, -0.25) is 4.79 Å². The van der Waals surface area contributed by atoms with Gasteiger partial charge in [0.1, 0.15) is 5.75 Å². The highest BCUT2D eigenvalue weighted by Crippen LogP contribution is 2.31. The highest BCUT2D eigenvalue weighted by Gasteiger charge is 2.23. The molecule has 1 saturated heterocycles. The van der Waals surface area contributed by atoms with Gasteiger partial charge >= 0.3 is 0 Å². The van der Waals surface area contributed by atoms with Gasteiger partial charge in [-0.05, 0) is 88.6 Å². The highest BCUT2D eigenvalue weighted by atomic mass is 79.9. The molecule has 0 radical (unpaired) electrons. The standard InChI is InChI=1S/C19H17BrN2O2S/c1-11-6-12(2)8-14(7-11)21-19-22-18(23)17(25-19)10-13-4-5-16(24-3)15(20)9-13/h4-10H,1-3H3,(H,21,22,23). The summed E-state index contributed by atoms with van der Waals surface area (Å²) in [4.78, 5) is 17.4. The summed E-state index contributed by atoms with van der Waals surface area (Å²) in [6.45, 7) is 4.06. The Morgan fingerprint density at radius 2 is 1.88 bits per heavy atom. The molecule has 1 aliphatic heterocycles. The molecule has 3 rings (SSSR count). The predicted octanol–water partition coefficient (Wildman–Crippen LogP) is 4.97. The fourth-order valence-corrected chi connectivity index (χ4v) is 3.94. The number of halogens is 1. The number of carbonyl (C=O) groups is 1. The molecule has 1 fully saturated rings. The van der Waals surface area contributed by atoms with Crippen LogP contribution in [0.4, 0.5) is 5.69 Å². The smallest absolute Gasteiger partial charge is 0.264 e. The molecule has 25 heavy (non-hydrogen) atoms. The van der Waals surface area contributed by atoms with E-state index in [0.29, 0.717) is 10.1 Å². The zero-order valence-corrected chi connectivity index (χ0v) is 16.5. The Morgan fingerprint density at radius 3 is 2.52 bits per heavy atom. The number of amides is 1. The average Bonchev–Trinajstić information content (AvgIpc) is 2.86. The quantitative estimate of drug-likeness (QED) is 0.718. The molecule has 2 aromatic carbocycles. The summed E-state index contributed by atoms with van der Waals surface area (Å²) in [5.74, 6) is 0.614. The van der Waals surface area contributed by atoms with Crippen LogP contribution in [0.15, 0.2) is 50.8 Å². The Kier molecular flexibility index (Phi) is 5.30. The van der Waals surface area contributed by atoms with Crippen LogP contribution in [0.3, 0.4) is 0 Å². The Balaban J connectivity index is 1.84. The normalized spacial score (nSPS) is 17.2. The fourth-order valence-electron chi connectivity index (χ4n) is 2.54. The Morgan fingerprint density at radius 1 is 1.16 bits per heavy atom. The summed E-state index contributed by atoms with van der Waals surface area (Å²) >= 11 is 4.80. The van der Waals surface area contributed by atoms with Crippen molar-refractivity contribution >= 4 is 50.5 Å². The maximum absolute atomic E-state index is 12.2. The number of hydrogen-bond donors (Lipinski definition) is 1. The van der Waals surface area contributed by atoms with Crippen molar-refractivity contribution in [1.29, 1.82) is 0 Å². The average molecular weight is 417 g/mol. The van der Waals surface area contributed by atoms with E-state index < -0.39 is 0 Å². The van der Waals surface area contributed by atoms with Gasteiger partial charge in [0.15, 0.2) is 5.17 Å². The predicted molar refractivity (Wildman–Crippen MR) is 107 cm³/mol. The van der Waals surface area contributed by atoms with Crippen LogP contribution < -0.4 is 10.1 Å². The molecule has 4 nitrogen and oxygen atoms in total. The van der Waals surface area contributed by atoms with Crippen LogP contribution in [0.2, 0.25) is 0 Å². The first kappa shape index (κ1) is 17.8. The molecule has 0 saturated carbocycles. The van der Waals surface area contributed by atoms with E-state index in [1.807, 2.05) is 50.3 Å². The van der Waals surface area contributed by atoms with E-state index in [9.17, 15) is 4.79 Å². The Hall–Kier alpha value is -2.05. The van der Waals surface area contributed by atoms with Gasteiger partial charge in [0.25, 0.3) is 5.91 Å². The first-order valence-corrected chi connectivity index (χ1v) is 9.27. The number of aryl methyl sites for hydroxylation is 2. The molecule has 0 spiro atoms. The van der Waals surface area contributed by atoms with Crippen LogP contribution >= 0.6 is 27.7 Å². The van der Waals surface area contributed by atoms with Crippen molar-refractivity contribution in [2.45, 2.75) is 13.8 Å². The van der Waals surface area contributed by atoms with E-state index in [0.717, 1.165) is 32.6 Å². The minimum Gasteiger partial charge on any atom is -0.496 e. The minimum absolute atomic E-state index is 0.139. The van der Waals surface area contributed by atoms with E-state index in [2.05, 4.69) is 32.3 Å². The van der Waals surface area contributed by atoms with Crippen LogP contribution in [0.25, 0.3) is 6.08 Å². The van der Waals surface area contributed by atoms with Crippen molar-refractivity contribution in [1.82, 2.24) is 5.32 Å². The lowest BCUT2D eigenvalue weighted by Gasteiger charge is -2.03. The van der Waals surface area contributed by atoms with Gasteiger partial charge in [-0.2, -0.15) is 0 Å². The van der Waals surface area contributed by atoms with Crippen molar-refractivity contribution < 1.29 is 9.53 Å². The minimum atomic E-state index is -0.139. The van der Waals surface area contributed by atoms with Crippen molar-refractivity contribution in [2.24, 2.45) is 4.99 Å². The molecule has 0 aromatic heterocycles. The largest absolute Gasteiger partial charge is 0.496 e. The van der Waals surface area contributed by atoms with Gasteiger partial charge in [-0.1, -0.05) is 12.1 Å². The fraction of sp³-hybridized carbons (Fsp3) is 0.158. The Labute approximate surface area is 159 Å². The number of carbonyl (C=O) groups excluding carboxylic acids is 1. The lowest BCUT2D eigenvalue weighted by molar-refractivity contribution is -0.115. The number of methoxy groups -OCH3 is 1. The highest BCUT2D eigenvalue weighted by molar-refractivity contribution is 9.10. The van der Waals surface area contributed by atoms with Gasteiger partial charge in [0.05, 0.1) is 22.2 Å². The lowest BCUT2D eigenvalue weighted by Crippen LogP contribution is -2.19. The van der Waals surface area contributed by atoms with Crippen LogP contribution in [0.5, 0.6) is 5.75 Å². The molecule has 0 aliphatic carbocycles. The van der Waals surface area contributed by atoms with E-state index in [1.54, 1.807) is 7.11 Å². The molecule has 6 heteroatoms. The topological polar surface area (TPSA) is 50.7 Å². The van der Waals surface area contributed by atoms with Gasteiger partial charge in [-0.25, -0.2) is 4.99 Å². The number of thioether (sulfide) groups is 1. The number of hydrogen-bond acceptors (Lipinski definition) is 4. The van der Waals surface area contributed by atoms with E-state index >= 15 is 0 Å². The zero-order chi connectivity index (χ0) is 18.0. The second-order valence-corrected chi connectivity index (χ2v) is 7.61. The third-order valence-electron chi connectivity index (χ3n) is 3.56. The van der Waals surface area contributed by atoms with Gasteiger partial charge in [0, 0.05) is 0 Å². The van der Waals surface area contributed by atoms with Crippen molar-refractivity contribution in [3.63, 3.8) is 0 Å². The molecular weight excluding hydrogens is 400 g/mol. The summed E-state index contributed by atoms with van der Waals surface area (Å²) in [7, 11) is 1.62. The molecule has 2 aromatic rings. The second kappa shape index (κ2) is 7.45. The van der Waals surface area contributed by atoms with Crippen LogP contribution in [0, 0.1) is 13.8 Å². The summed E-state index contributed by atoms with van der Waals surface area (Å²) in [5, 5.41) is 3.41. The number of nitrogens with one attached hydrogen (secondary N) is 1. The van der Waals surface area contributed by atoms with Crippen LogP contribution in [-0.2, 0) is 4.79 Å². The van der Waals surface area contributed by atoms with E-state index in [1.165, 1.54) is 11.8 Å². The third-order valence-corrected chi connectivity index (χ3v) is 5.09. The van der Waals surface area contributed by atoms with Crippen molar-refractivity contribution in [2.75, 3.05) is 7.11 Å². The van der Waals surface area contributed by atoms with Crippen LogP contribution in [0.1, 0.15) is 16.7 Å². The molecule has 1 heterocycles. The third kappa shape index (κ3) is 4.32. The lowest BCUT2D eigenvalue weighted by atomic mass is 10.1. The van der Waals surface area contributed by atoms with Gasteiger partial charge < -0.3 is 10.1 Å². The number of ether oxygens (including phenoxy) is 1. The summed E-state index contributed by atoms with van der Waals surface area (Å²) in [6, 6.07) is 11.8. The zero-order valence-electron chi connectivity index (χ0n) is 14.1.